The third kappa shape index (κ3) is 5.94. The van der Waals surface area contributed by atoms with E-state index in [1.54, 1.807) is 0 Å². The van der Waals surface area contributed by atoms with Crippen molar-refractivity contribution in [2.45, 2.75) is 45.6 Å². The number of carbonyl (C=O) groups excluding carboxylic acids is 1. The van der Waals surface area contributed by atoms with Crippen molar-refractivity contribution in [2.75, 3.05) is 13.1 Å². The Morgan fingerprint density at radius 1 is 0.971 bits per heavy atom. The van der Waals surface area contributed by atoms with Gasteiger partial charge in [-0.3, -0.25) is 4.79 Å². The minimum Gasteiger partial charge on any atom is -0.343 e. The lowest BCUT2D eigenvalue weighted by atomic mass is 9.87. The van der Waals surface area contributed by atoms with Crippen LogP contribution in [0.15, 0.2) is 79.0 Å². The third-order valence-electron chi connectivity index (χ3n) is 6.43. The second-order valence-corrected chi connectivity index (χ2v) is 9.48. The molecule has 1 aromatic heterocycles. The molecule has 4 aromatic rings. The lowest BCUT2D eigenvalue weighted by Crippen LogP contribution is -2.33. The second-order valence-electron chi connectivity index (χ2n) is 9.05. The first-order chi connectivity index (χ1) is 17.0. The third-order valence-corrected chi connectivity index (χ3v) is 6.67. The van der Waals surface area contributed by atoms with Crippen LogP contribution in [0.25, 0.3) is 10.9 Å². The number of fused-ring (bicyclic) bond motifs is 1. The number of hydrogen-bond acceptors (Lipinski definition) is 1. The van der Waals surface area contributed by atoms with E-state index in [0.29, 0.717) is 18.0 Å². The van der Waals surface area contributed by atoms with Gasteiger partial charge in [0.1, 0.15) is 5.82 Å². The highest BCUT2D eigenvalue weighted by atomic mass is 35.5. The average Bonchev–Trinajstić information content (AvgIpc) is 3.21. The highest BCUT2D eigenvalue weighted by molar-refractivity contribution is 6.30. The van der Waals surface area contributed by atoms with E-state index < -0.39 is 0 Å². The van der Waals surface area contributed by atoms with Gasteiger partial charge in [0.2, 0.25) is 5.91 Å². The van der Waals surface area contributed by atoms with Crippen LogP contribution in [-0.2, 0) is 11.3 Å². The van der Waals surface area contributed by atoms with E-state index in [9.17, 15) is 9.18 Å². The van der Waals surface area contributed by atoms with E-state index in [1.807, 2.05) is 47.4 Å². The SMILES string of the molecule is CCCN(CCC)C(=O)CC(c1cccc(Cl)c1)c1cn(Cc2ccc(F)cc2)c2ccccc12. The summed E-state index contributed by atoms with van der Waals surface area (Å²) in [4.78, 5) is 15.5. The molecule has 35 heavy (non-hydrogen) atoms. The van der Waals surface area contributed by atoms with Crippen molar-refractivity contribution in [3.05, 3.63) is 107 Å². The van der Waals surface area contributed by atoms with E-state index in [-0.39, 0.29) is 17.6 Å². The van der Waals surface area contributed by atoms with Gasteiger partial charge in [-0.05, 0) is 59.9 Å². The Kier molecular flexibility index (Phi) is 8.25. The van der Waals surface area contributed by atoms with Gasteiger partial charge in [0.25, 0.3) is 0 Å². The maximum absolute atomic E-state index is 13.5. The fraction of sp³-hybridized carbons (Fsp3) is 0.300. The van der Waals surface area contributed by atoms with Crippen LogP contribution in [-0.4, -0.2) is 28.5 Å². The van der Waals surface area contributed by atoms with Crippen LogP contribution in [0, 0.1) is 5.82 Å². The molecule has 182 valence electrons. The number of nitrogens with zero attached hydrogens (tertiary/aromatic N) is 2. The Hall–Kier alpha value is -3.11. The summed E-state index contributed by atoms with van der Waals surface area (Å²) in [5.74, 6) is -0.208. The summed E-state index contributed by atoms with van der Waals surface area (Å²) in [6.45, 7) is 6.36. The number of hydrogen-bond donors (Lipinski definition) is 0. The Labute approximate surface area is 212 Å². The highest BCUT2D eigenvalue weighted by Gasteiger charge is 2.25. The van der Waals surface area contributed by atoms with Crippen LogP contribution in [0.3, 0.4) is 0 Å². The summed E-state index contributed by atoms with van der Waals surface area (Å²) in [5.41, 5.74) is 4.24. The van der Waals surface area contributed by atoms with Crippen LogP contribution < -0.4 is 0 Å². The molecule has 4 rings (SSSR count). The molecule has 3 aromatic carbocycles. The number of benzene rings is 3. The standard InChI is InChI=1S/C30H32ClFN2O/c1-3-16-33(17-4-2)30(35)19-27(23-8-7-9-24(31)18-23)28-21-34(29-11-6-5-10-26(28)29)20-22-12-14-25(32)15-13-22/h5-15,18,21,27H,3-4,16-17,19-20H2,1-2H3. The zero-order chi connectivity index (χ0) is 24.8. The van der Waals surface area contributed by atoms with Crippen molar-refractivity contribution in [3.8, 4) is 0 Å². The molecule has 1 heterocycles. The molecular weight excluding hydrogens is 459 g/mol. The topological polar surface area (TPSA) is 25.2 Å². The lowest BCUT2D eigenvalue weighted by Gasteiger charge is -2.25. The Morgan fingerprint density at radius 3 is 2.37 bits per heavy atom. The molecule has 0 fully saturated rings. The predicted molar refractivity (Wildman–Crippen MR) is 143 cm³/mol. The quantitative estimate of drug-likeness (QED) is 0.224. The summed E-state index contributed by atoms with van der Waals surface area (Å²) in [7, 11) is 0. The van der Waals surface area contributed by atoms with Gasteiger partial charge in [-0.2, -0.15) is 0 Å². The minimum absolute atomic E-state index is 0.128. The van der Waals surface area contributed by atoms with Gasteiger partial charge in [0, 0.05) is 54.1 Å². The van der Waals surface area contributed by atoms with Crippen LogP contribution >= 0.6 is 11.6 Å². The zero-order valence-electron chi connectivity index (χ0n) is 20.4. The van der Waals surface area contributed by atoms with Gasteiger partial charge in [-0.15, -0.1) is 0 Å². The van der Waals surface area contributed by atoms with Crippen molar-refractivity contribution in [2.24, 2.45) is 0 Å². The molecule has 0 spiro atoms. The molecule has 1 amide bonds. The fourth-order valence-corrected chi connectivity index (χ4v) is 5.00. The molecule has 0 saturated heterocycles. The first kappa shape index (κ1) is 25.0. The van der Waals surface area contributed by atoms with E-state index in [0.717, 1.165) is 53.5 Å². The second kappa shape index (κ2) is 11.5. The Bertz CT molecular complexity index is 1280. The molecule has 5 heteroatoms. The smallest absolute Gasteiger partial charge is 0.223 e. The van der Waals surface area contributed by atoms with E-state index in [1.165, 1.54) is 12.1 Å². The molecule has 1 unspecified atom stereocenters. The van der Waals surface area contributed by atoms with Crippen LogP contribution in [0.4, 0.5) is 4.39 Å². The van der Waals surface area contributed by atoms with Crippen molar-refractivity contribution < 1.29 is 9.18 Å². The molecule has 3 nitrogen and oxygen atoms in total. The van der Waals surface area contributed by atoms with E-state index >= 15 is 0 Å². The maximum atomic E-state index is 13.5. The van der Waals surface area contributed by atoms with E-state index in [4.69, 9.17) is 11.6 Å². The van der Waals surface area contributed by atoms with Crippen LogP contribution in [0.1, 0.15) is 55.7 Å². The zero-order valence-corrected chi connectivity index (χ0v) is 21.1. The Balaban J connectivity index is 1.78. The largest absolute Gasteiger partial charge is 0.343 e. The van der Waals surface area contributed by atoms with Crippen molar-refractivity contribution in [1.29, 1.82) is 0 Å². The van der Waals surface area contributed by atoms with Gasteiger partial charge >= 0.3 is 0 Å². The lowest BCUT2D eigenvalue weighted by molar-refractivity contribution is -0.131. The molecular formula is C30H32ClFN2O. The van der Waals surface area contributed by atoms with Crippen molar-refractivity contribution in [3.63, 3.8) is 0 Å². The molecule has 0 N–H and O–H groups in total. The van der Waals surface area contributed by atoms with Gasteiger partial charge in [-0.1, -0.05) is 67.9 Å². The summed E-state index contributed by atoms with van der Waals surface area (Å²) < 4.78 is 15.6. The number of halogens is 2. The molecule has 0 aliphatic rings. The van der Waals surface area contributed by atoms with Gasteiger partial charge in [0.15, 0.2) is 0 Å². The summed E-state index contributed by atoms with van der Waals surface area (Å²) >= 11 is 6.39. The molecule has 0 aliphatic heterocycles. The normalized spacial score (nSPS) is 12.1. The number of aromatic nitrogens is 1. The summed E-state index contributed by atoms with van der Waals surface area (Å²) in [6, 6.07) is 22.7. The predicted octanol–water partition coefficient (Wildman–Crippen LogP) is 7.65. The molecule has 0 bridgehead atoms. The first-order valence-corrected chi connectivity index (χ1v) is 12.7. The van der Waals surface area contributed by atoms with Crippen molar-refractivity contribution >= 4 is 28.4 Å². The van der Waals surface area contributed by atoms with E-state index in [2.05, 4.69) is 42.8 Å². The summed E-state index contributed by atoms with van der Waals surface area (Å²) in [5, 5.41) is 1.78. The number of amides is 1. The first-order valence-electron chi connectivity index (χ1n) is 12.4. The monoisotopic (exact) mass is 490 g/mol. The Morgan fingerprint density at radius 2 is 1.69 bits per heavy atom. The number of para-hydroxylation sites is 1. The average molecular weight is 491 g/mol. The molecule has 0 saturated carbocycles. The number of carbonyl (C=O) groups is 1. The fourth-order valence-electron chi connectivity index (χ4n) is 4.81. The van der Waals surface area contributed by atoms with Gasteiger partial charge in [-0.25, -0.2) is 4.39 Å². The van der Waals surface area contributed by atoms with Crippen LogP contribution in [0.5, 0.6) is 0 Å². The van der Waals surface area contributed by atoms with Crippen LogP contribution in [0.2, 0.25) is 5.02 Å². The highest BCUT2D eigenvalue weighted by Crippen LogP contribution is 2.36. The van der Waals surface area contributed by atoms with Crippen molar-refractivity contribution in [1.82, 2.24) is 9.47 Å². The number of rotatable bonds is 10. The maximum Gasteiger partial charge on any atom is 0.223 e. The summed E-state index contributed by atoms with van der Waals surface area (Å²) in [6.07, 6.45) is 4.40. The molecule has 1 atom stereocenters. The van der Waals surface area contributed by atoms with Gasteiger partial charge in [0.05, 0.1) is 0 Å². The minimum atomic E-state index is -0.241. The molecule has 0 radical (unpaired) electrons. The van der Waals surface area contributed by atoms with Gasteiger partial charge < -0.3 is 9.47 Å². The molecule has 0 aliphatic carbocycles.